The standard InChI is InChI=1S/C11H22BrN/c1-3-4-5-7-13-8-6-10(2)11(13)9-12/h10-11H,3-9H2,1-2H3. The third-order valence-electron chi connectivity index (χ3n) is 3.20. The van der Waals surface area contributed by atoms with E-state index < -0.39 is 0 Å². The molecule has 0 N–H and O–H groups in total. The van der Waals surface area contributed by atoms with Crippen LogP contribution in [0.5, 0.6) is 0 Å². The van der Waals surface area contributed by atoms with Crippen LogP contribution in [0.1, 0.15) is 39.5 Å². The van der Waals surface area contributed by atoms with Gasteiger partial charge >= 0.3 is 0 Å². The third-order valence-corrected chi connectivity index (χ3v) is 3.87. The van der Waals surface area contributed by atoms with Crippen molar-refractivity contribution in [3.63, 3.8) is 0 Å². The average Bonchev–Trinajstić information content (AvgIpc) is 2.47. The minimum Gasteiger partial charge on any atom is -0.299 e. The Morgan fingerprint density at radius 1 is 1.38 bits per heavy atom. The molecule has 2 atom stereocenters. The van der Waals surface area contributed by atoms with Crippen LogP contribution in [-0.4, -0.2) is 29.4 Å². The zero-order valence-electron chi connectivity index (χ0n) is 8.93. The van der Waals surface area contributed by atoms with Gasteiger partial charge in [0.2, 0.25) is 0 Å². The summed E-state index contributed by atoms with van der Waals surface area (Å²) in [6.45, 7) is 7.29. The molecule has 2 heteroatoms. The van der Waals surface area contributed by atoms with E-state index in [1.54, 1.807) is 0 Å². The summed E-state index contributed by atoms with van der Waals surface area (Å²) >= 11 is 3.62. The van der Waals surface area contributed by atoms with Crippen LogP contribution in [0, 0.1) is 5.92 Å². The van der Waals surface area contributed by atoms with Crippen molar-refractivity contribution in [2.45, 2.75) is 45.6 Å². The van der Waals surface area contributed by atoms with Crippen LogP contribution in [-0.2, 0) is 0 Å². The minimum absolute atomic E-state index is 0.803. The van der Waals surface area contributed by atoms with Crippen molar-refractivity contribution in [2.24, 2.45) is 5.92 Å². The highest BCUT2D eigenvalue weighted by Gasteiger charge is 2.29. The summed E-state index contributed by atoms with van der Waals surface area (Å²) in [6.07, 6.45) is 5.50. The van der Waals surface area contributed by atoms with Crippen LogP contribution >= 0.6 is 15.9 Å². The van der Waals surface area contributed by atoms with E-state index in [2.05, 4.69) is 34.7 Å². The smallest absolute Gasteiger partial charge is 0.0218 e. The molecule has 0 spiro atoms. The molecule has 1 aliphatic heterocycles. The first-order valence-electron chi connectivity index (χ1n) is 5.59. The SMILES string of the molecule is CCCCCN1CCC(C)C1CBr. The van der Waals surface area contributed by atoms with Gasteiger partial charge in [0.05, 0.1) is 0 Å². The van der Waals surface area contributed by atoms with Crippen molar-refractivity contribution in [3.05, 3.63) is 0 Å². The third kappa shape index (κ3) is 3.25. The molecule has 1 aliphatic rings. The molecule has 0 radical (unpaired) electrons. The normalized spacial score (nSPS) is 29.8. The summed E-state index contributed by atoms with van der Waals surface area (Å²) in [7, 11) is 0. The van der Waals surface area contributed by atoms with Gasteiger partial charge in [0.15, 0.2) is 0 Å². The summed E-state index contributed by atoms with van der Waals surface area (Å²) in [6, 6.07) is 0.803. The van der Waals surface area contributed by atoms with E-state index in [-0.39, 0.29) is 0 Å². The molecule has 0 aromatic carbocycles. The van der Waals surface area contributed by atoms with Crippen LogP contribution in [0.2, 0.25) is 0 Å². The Hall–Kier alpha value is 0.440. The lowest BCUT2D eigenvalue weighted by Crippen LogP contribution is -2.34. The molecule has 0 aliphatic carbocycles. The van der Waals surface area contributed by atoms with Gasteiger partial charge in [-0.2, -0.15) is 0 Å². The predicted octanol–water partition coefficient (Wildman–Crippen LogP) is 3.28. The molecule has 0 amide bonds. The summed E-state index contributed by atoms with van der Waals surface area (Å²) in [5.74, 6) is 0.890. The predicted molar refractivity (Wildman–Crippen MR) is 62.5 cm³/mol. The van der Waals surface area contributed by atoms with E-state index in [1.165, 1.54) is 38.8 Å². The summed E-state index contributed by atoms with van der Waals surface area (Å²) in [5.41, 5.74) is 0. The zero-order valence-corrected chi connectivity index (χ0v) is 10.5. The largest absolute Gasteiger partial charge is 0.299 e. The van der Waals surface area contributed by atoms with Crippen molar-refractivity contribution < 1.29 is 0 Å². The topological polar surface area (TPSA) is 3.24 Å². The van der Waals surface area contributed by atoms with Crippen molar-refractivity contribution >= 4 is 15.9 Å². The van der Waals surface area contributed by atoms with Gasteiger partial charge in [-0.1, -0.05) is 42.6 Å². The summed E-state index contributed by atoms with van der Waals surface area (Å²) in [4.78, 5) is 2.66. The van der Waals surface area contributed by atoms with E-state index in [0.717, 1.165) is 17.3 Å². The molecule has 1 fully saturated rings. The summed E-state index contributed by atoms with van der Waals surface area (Å²) in [5, 5.41) is 1.15. The lowest BCUT2D eigenvalue weighted by molar-refractivity contribution is 0.247. The maximum atomic E-state index is 3.62. The lowest BCUT2D eigenvalue weighted by Gasteiger charge is -2.24. The fraction of sp³-hybridized carbons (Fsp3) is 1.00. The van der Waals surface area contributed by atoms with Gasteiger partial charge in [0.1, 0.15) is 0 Å². The van der Waals surface area contributed by atoms with E-state index in [1.807, 2.05) is 0 Å². The maximum Gasteiger partial charge on any atom is 0.0218 e. The van der Waals surface area contributed by atoms with E-state index in [4.69, 9.17) is 0 Å². The monoisotopic (exact) mass is 247 g/mol. The molecule has 1 nitrogen and oxygen atoms in total. The number of hydrogen-bond acceptors (Lipinski definition) is 1. The highest BCUT2D eigenvalue weighted by molar-refractivity contribution is 9.09. The van der Waals surface area contributed by atoms with Gasteiger partial charge in [0, 0.05) is 11.4 Å². The van der Waals surface area contributed by atoms with Crippen molar-refractivity contribution in [2.75, 3.05) is 18.4 Å². The first kappa shape index (κ1) is 11.5. The highest BCUT2D eigenvalue weighted by Crippen LogP contribution is 2.25. The quantitative estimate of drug-likeness (QED) is 0.533. The molecule has 1 saturated heterocycles. The number of likely N-dealkylation sites (tertiary alicyclic amines) is 1. The number of alkyl halides is 1. The minimum atomic E-state index is 0.803. The zero-order chi connectivity index (χ0) is 9.68. The Morgan fingerprint density at radius 2 is 2.15 bits per heavy atom. The molecule has 1 heterocycles. The maximum absolute atomic E-state index is 3.62. The molecule has 78 valence electrons. The van der Waals surface area contributed by atoms with Crippen LogP contribution in [0.4, 0.5) is 0 Å². The summed E-state index contributed by atoms with van der Waals surface area (Å²) < 4.78 is 0. The van der Waals surface area contributed by atoms with Crippen LogP contribution in [0.3, 0.4) is 0 Å². The molecular formula is C11H22BrN. The number of rotatable bonds is 5. The lowest BCUT2D eigenvalue weighted by atomic mass is 10.1. The van der Waals surface area contributed by atoms with Gasteiger partial charge in [-0.25, -0.2) is 0 Å². The van der Waals surface area contributed by atoms with E-state index in [9.17, 15) is 0 Å². The Kier molecular flexibility index (Phi) is 5.34. The molecule has 0 bridgehead atoms. The fourth-order valence-corrected chi connectivity index (χ4v) is 3.23. The van der Waals surface area contributed by atoms with Crippen LogP contribution in [0.15, 0.2) is 0 Å². The molecule has 1 rings (SSSR count). The van der Waals surface area contributed by atoms with Gasteiger partial charge in [-0.05, 0) is 31.8 Å². The number of unbranched alkanes of at least 4 members (excludes halogenated alkanes) is 2. The Labute approximate surface area is 91.0 Å². The fourth-order valence-electron chi connectivity index (χ4n) is 2.18. The molecule has 0 saturated carbocycles. The number of nitrogens with zero attached hydrogens (tertiary/aromatic N) is 1. The highest BCUT2D eigenvalue weighted by atomic mass is 79.9. The van der Waals surface area contributed by atoms with Crippen LogP contribution < -0.4 is 0 Å². The van der Waals surface area contributed by atoms with E-state index >= 15 is 0 Å². The van der Waals surface area contributed by atoms with Crippen LogP contribution in [0.25, 0.3) is 0 Å². The second kappa shape index (κ2) is 6.02. The number of hydrogen-bond donors (Lipinski definition) is 0. The van der Waals surface area contributed by atoms with Gasteiger partial charge in [0.25, 0.3) is 0 Å². The Balaban J connectivity index is 2.24. The van der Waals surface area contributed by atoms with E-state index in [0.29, 0.717) is 0 Å². The molecule has 2 unspecified atom stereocenters. The molecular weight excluding hydrogens is 226 g/mol. The molecule has 13 heavy (non-hydrogen) atoms. The Morgan fingerprint density at radius 3 is 2.77 bits per heavy atom. The average molecular weight is 248 g/mol. The van der Waals surface area contributed by atoms with Crippen molar-refractivity contribution in [1.29, 1.82) is 0 Å². The first-order chi connectivity index (χ1) is 6.29. The van der Waals surface area contributed by atoms with Gasteiger partial charge in [-0.15, -0.1) is 0 Å². The van der Waals surface area contributed by atoms with Gasteiger partial charge < -0.3 is 0 Å². The van der Waals surface area contributed by atoms with Gasteiger partial charge in [-0.3, -0.25) is 4.90 Å². The van der Waals surface area contributed by atoms with Crippen molar-refractivity contribution in [3.8, 4) is 0 Å². The molecule has 0 aromatic rings. The van der Waals surface area contributed by atoms with Crippen molar-refractivity contribution in [1.82, 2.24) is 4.90 Å². The second-order valence-electron chi connectivity index (χ2n) is 4.23. The first-order valence-corrected chi connectivity index (χ1v) is 6.71. The molecule has 0 aromatic heterocycles. The second-order valence-corrected chi connectivity index (χ2v) is 4.88. The number of halogens is 1. The Bertz CT molecular complexity index is 138.